The van der Waals surface area contributed by atoms with E-state index >= 15 is 0 Å². The second-order valence-corrected chi connectivity index (χ2v) is 9.18. The van der Waals surface area contributed by atoms with E-state index in [-0.39, 0.29) is 11.9 Å². The molecule has 3 aromatic rings. The molecule has 1 amide bonds. The molecule has 1 N–H and O–H groups in total. The highest BCUT2D eigenvalue weighted by Gasteiger charge is 2.24. The average molecular weight is 478 g/mol. The Balaban J connectivity index is 1.58. The molecule has 8 heteroatoms. The second kappa shape index (κ2) is 11.8. The zero-order valence-corrected chi connectivity index (χ0v) is 20.2. The first-order valence-corrected chi connectivity index (χ1v) is 12.0. The van der Waals surface area contributed by atoms with Gasteiger partial charge in [-0.3, -0.25) is 4.79 Å². The van der Waals surface area contributed by atoms with E-state index in [2.05, 4.69) is 29.0 Å². The van der Waals surface area contributed by atoms with Crippen LogP contribution in [0.4, 0.5) is 10.3 Å². The quantitative estimate of drug-likeness (QED) is 0.446. The summed E-state index contributed by atoms with van der Waals surface area (Å²) in [6.07, 6.45) is 2.61. The zero-order chi connectivity index (χ0) is 24.6. The molecular weight excluding hydrogens is 445 g/mol. The molecule has 1 aliphatic heterocycles. The smallest absolute Gasteiger partial charge is 0.226 e. The molecule has 0 aliphatic carbocycles. The number of halogens is 1. The third-order valence-electron chi connectivity index (χ3n) is 5.88. The van der Waals surface area contributed by atoms with Gasteiger partial charge in [0.15, 0.2) is 0 Å². The van der Waals surface area contributed by atoms with E-state index in [4.69, 9.17) is 9.72 Å². The van der Waals surface area contributed by atoms with Crippen LogP contribution >= 0.6 is 0 Å². The third-order valence-corrected chi connectivity index (χ3v) is 5.88. The number of amides is 1. The number of hydrogen-bond acceptors (Lipinski definition) is 6. The van der Waals surface area contributed by atoms with Gasteiger partial charge in [-0.15, -0.1) is 0 Å². The topological polar surface area (TPSA) is 70.6 Å². The molecule has 184 valence electrons. The van der Waals surface area contributed by atoms with Gasteiger partial charge in [0.05, 0.1) is 18.3 Å². The van der Waals surface area contributed by atoms with Crippen molar-refractivity contribution in [2.75, 3.05) is 31.1 Å². The fourth-order valence-electron chi connectivity index (χ4n) is 4.00. The van der Waals surface area contributed by atoms with Crippen LogP contribution in [0, 0.1) is 11.7 Å². The first-order chi connectivity index (χ1) is 17.0. The molecule has 7 nitrogen and oxygen atoms in total. The first kappa shape index (κ1) is 24.6. The van der Waals surface area contributed by atoms with E-state index in [9.17, 15) is 9.18 Å². The summed E-state index contributed by atoms with van der Waals surface area (Å²) in [5.74, 6) is 1.59. The molecule has 0 spiro atoms. The molecule has 1 fully saturated rings. The van der Waals surface area contributed by atoms with Gasteiger partial charge in [0.2, 0.25) is 12.4 Å². The molecule has 0 bridgehead atoms. The Morgan fingerprint density at radius 3 is 2.46 bits per heavy atom. The standard InChI is InChI=1S/C27H32FN5O2/c1-20(2)18-35-24-9-5-22(6-10-24)17-33(16-21-3-7-23(28)8-4-21)27-30-12-11-25(31-27)26-15-29-13-14-32(26)19-34/h3-12,19-20,26,29H,13-18H2,1-2H3. The lowest BCUT2D eigenvalue weighted by Crippen LogP contribution is -2.45. The van der Waals surface area contributed by atoms with Crippen LogP contribution in [0.15, 0.2) is 60.8 Å². The van der Waals surface area contributed by atoms with E-state index in [1.165, 1.54) is 12.1 Å². The van der Waals surface area contributed by atoms with Gasteiger partial charge >= 0.3 is 0 Å². The SMILES string of the molecule is CC(C)COc1ccc(CN(Cc2ccc(F)cc2)c2nccc(C3CNCCN3C=O)n2)cc1. The predicted octanol–water partition coefficient (Wildman–Crippen LogP) is 3.96. The van der Waals surface area contributed by atoms with Crippen LogP contribution in [0.5, 0.6) is 5.75 Å². The number of nitrogens with zero attached hydrogens (tertiary/aromatic N) is 4. The minimum Gasteiger partial charge on any atom is -0.493 e. The predicted molar refractivity (Wildman–Crippen MR) is 133 cm³/mol. The minimum absolute atomic E-state index is 0.145. The average Bonchev–Trinajstić information content (AvgIpc) is 2.89. The molecule has 1 saturated heterocycles. The summed E-state index contributed by atoms with van der Waals surface area (Å²) in [6.45, 7) is 8.02. The number of benzene rings is 2. The molecule has 1 aromatic heterocycles. The maximum Gasteiger partial charge on any atom is 0.226 e. The van der Waals surface area contributed by atoms with Crippen LogP contribution in [0.3, 0.4) is 0 Å². The highest BCUT2D eigenvalue weighted by molar-refractivity contribution is 5.49. The molecule has 1 aliphatic rings. The van der Waals surface area contributed by atoms with E-state index in [1.54, 1.807) is 23.2 Å². The van der Waals surface area contributed by atoms with Crippen LogP contribution in [0.25, 0.3) is 0 Å². The summed E-state index contributed by atoms with van der Waals surface area (Å²) in [7, 11) is 0. The molecule has 2 heterocycles. The minimum atomic E-state index is -0.269. The number of anilines is 1. The Labute approximate surface area is 206 Å². The Kier molecular flexibility index (Phi) is 8.26. The normalized spacial score (nSPS) is 15.8. The summed E-state index contributed by atoms with van der Waals surface area (Å²) < 4.78 is 19.3. The summed E-state index contributed by atoms with van der Waals surface area (Å²) in [4.78, 5) is 24.8. The summed E-state index contributed by atoms with van der Waals surface area (Å²) in [6, 6.07) is 16.2. The lowest BCUT2D eigenvalue weighted by molar-refractivity contribution is -0.121. The van der Waals surface area contributed by atoms with Gasteiger partial charge in [-0.05, 0) is 47.4 Å². The number of piperazine rings is 1. The first-order valence-electron chi connectivity index (χ1n) is 12.0. The van der Waals surface area contributed by atoms with Crippen molar-refractivity contribution in [2.24, 2.45) is 5.92 Å². The summed E-state index contributed by atoms with van der Waals surface area (Å²) in [5.41, 5.74) is 2.81. The molecule has 2 aromatic carbocycles. The van der Waals surface area contributed by atoms with E-state index in [0.29, 0.717) is 44.7 Å². The van der Waals surface area contributed by atoms with Gasteiger partial charge in [0, 0.05) is 38.9 Å². The zero-order valence-electron chi connectivity index (χ0n) is 20.2. The molecule has 0 radical (unpaired) electrons. The number of rotatable bonds is 10. The maximum atomic E-state index is 13.5. The van der Waals surface area contributed by atoms with Crippen molar-refractivity contribution >= 4 is 12.4 Å². The van der Waals surface area contributed by atoms with Crippen molar-refractivity contribution in [3.8, 4) is 5.75 Å². The Morgan fingerprint density at radius 1 is 1.11 bits per heavy atom. The molecule has 4 rings (SSSR count). The van der Waals surface area contributed by atoms with Gasteiger partial charge in [0.25, 0.3) is 0 Å². The summed E-state index contributed by atoms with van der Waals surface area (Å²) >= 11 is 0. The van der Waals surface area contributed by atoms with Gasteiger partial charge < -0.3 is 19.9 Å². The Morgan fingerprint density at radius 2 is 1.80 bits per heavy atom. The number of ether oxygens (including phenoxy) is 1. The molecule has 1 unspecified atom stereocenters. The third kappa shape index (κ3) is 6.76. The van der Waals surface area contributed by atoms with Crippen molar-refractivity contribution in [3.05, 3.63) is 83.4 Å². The highest BCUT2D eigenvalue weighted by Crippen LogP contribution is 2.23. The van der Waals surface area contributed by atoms with Crippen LogP contribution in [-0.2, 0) is 17.9 Å². The van der Waals surface area contributed by atoms with Crippen molar-refractivity contribution in [1.82, 2.24) is 20.2 Å². The number of aromatic nitrogens is 2. The van der Waals surface area contributed by atoms with E-state index in [1.807, 2.05) is 30.3 Å². The number of nitrogens with one attached hydrogen (secondary N) is 1. The van der Waals surface area contributed by atoms with E-state index in [0.717, 1.165) is 35.5 Å². The van der Waals surface area contributed by atoms with Crippen molar-refractivity contribution < 1.29 is 13.9 Å². The fourth-order valence-corrected chi connectivity index (χ4v) is 4.00. The number of carbonyl (C=O) groups is 1. The monoisotopic (exact) mass is 477 g/mol. The van der Waals surface area contributed by atoms with Crippen LogP contribution in [-0.4, -0.2) is 47.5 Å². The Hall–Kier alpha value is -3.52. The lowest BCUT2D eigenvalue weighted by Gasteiger charge is -2.33. The molecule has 35 heavy (non-hydrogen) atoms. The highest BCUT2D eigenvalue weighted by atomic mass is 19.1. The van der Waals surface area contributed by atoms with E-state index < -0.39 is 0 Å². The largest absolute Gasteiger partial charge is 0.493 e. The van der Waals surface area contributed by atoms with Crippen molar-refractivity contribution in [1.29, 1.82) is 0 Å². The number of hydrogen-bond donors (Lipinski definition) is 1. The number of carbonyl (C=O) groups excluding carboxylic acids is 1. The molecule has 1 atom stereocenters. The second-order valence-electron chi connectivity index (χ2n) is 9.18. The van der Waals surface area contributed by atoms with Gasteiger partial charge in [-0.1, -0.05) is 38.1 Å². The molecular formula is C27H32FN5O2. The van der Waals surface area contributed by atoms with Gasteiger partial charge in [-0.2, -0.15) is 0 Å². The van der Waals surface area contributed by atoms with Crippen molar-refractivity contribution in [2.45, 2.75) is 33.0 Å². The van der Waals surface area contributed by atoms with Crippen molar-refractivity contribution in [3.63, 3.8) is 0 Å². The van der Waals surface area contributed by atoms with Crippen LogP contribution in [0.2, 0.25) is 0 Å². The van der Waals surface area contributed by atoms with Gasteiger partial charge in [-0.25, -0.2) is 14.4 Å². The fraction of sp³-hybridized carbons (Fsp3) is 0.370. The summed E-state index contributed by atoms with van der Waals surface area (Å²) in [5, 5.41) is 3.33. The Bertz CT molecular complexity index is 1090. The van der Waals surface area contributed by atoms with Crippen LogP contribution in [0.1, 0.15) is 36.7 Å². The lowest BCUT2D eigenvalue weighted by atomic mass is 10.1. The van der Waals surface area contributed by atoms with Crippen LogP contribution < -0.4 is 15.0 Å². The van der Waals surface area contributed by atoms with Gasteiger partial charge in [0.1, 0.15) is 11.6 Å². The molecule has 0 saturated carbocycles. The maximum absolute atomic E-state index is 13.5.